The van der Waals surface area contributed by atoms with Crippen molar-refractivity contribution < 1.29 is 9.53 Å². The van der Waals surface area contributed by atoms with Crippen LogP contribution in [-0.2, 0) is 9.53 Å². The van der Waals surface area contributed by atoms with Gasteiger partial charge in [-0.05, 0) is 36.6 Å². The molecule has 112 valence electrons. The van der Waals surface area contributed by atoms with Gasteiger partial charge in [-0.1, -0.05) is 24.3 Å². The van der Waals surface area contributed by atoms with Crippen molar-refractivity contribution in [2.75, 3.05) is 33.4 Å². The number of nitrogens with zero attached hydrogens (tertiary/aromatic N) is 1. The third-order valence-electron chi connectivity index (χ3n) is 4.27. The lowest BCUT2D eigenvalue weighted by molar-refractivity contribution is -0.118. The van der Waals surface area contributed by atoms with E-state index >= 15 is 0 Å². The first-order valence-electron chi connectivity index (χ1n) is 7.61. The molecule has 1 atom stereocenters. The van der Waals surface area contributed by atoms with E-state index in [1.807, 2.05) is 30.4 Å². The van der Waals surface area contributed by atoms with E-state index in [0.29, 0.717) is 0 Å². The highest BCUT2D eigenvalue weighted by Crippen LogP contribution is 2.30. The topological polar surface area (TPSA) is 41.6 Å². The zero-order chi connectivity index (χ0) is 14.7. The Bertz CT molecular complexity index is 543. The number of carbonyl (C=O) groups is 1. The van der Waals surface area contributed by atoms with Crippen LogP contribution < -0.4 is 5.32 Å². The summed E-state index contributed by atoms with van der Waals surface area (Å²) >= 11 is 0. The molecule has 3 aliphatic rings. The fourth-order valence-electron chi connectivity index (χ4n) is 3.15. The summed E-state index contributed by atoms with van der Waals surface area (Å²) in [6, 6.07) is 0.239. The molecule has 1 aliphatic heterocycles. The maximum atomic E-state index is 12.5. The van der Waals surface area contributed by atoms with Crippen LogP contribution in [-0.4, -0.2) is 50.2 Å². The fourth-order valence-corrected chi connectivity index (χ4v) is 3.15. The highest BCUT2D eigenvalue weighted by Gasteiger charge is 2.25. The molecule has 1 N–H and O–H groups in total. The number of hydrogen-bond acceptors (Lipinski definition) is 3. The van der Waals surface area contributed by atoms with E-state index in [1.54, 1.807) is 7.11 Å². The van der Waals surface area contributed by atoms with Gasteiger partial charge < -0.3 is 10.1 Å². The monoisotopic (exact) mass is 286 g/mol. The minimum atomic E-state index is 0.0507. The third-order valence-corrected chi connectivity index (χ3v) is 4.27. The van der Waals surface area contributed by atoms with Crippen molar-refractivity contribution in [2.45, 2.75) is 18.9 Å². The Hall–Kier alpha value is -1.65. The fraction of sp³-hybridized carbons (Fsp3) is 0.471. The van der Waals surface area contributed by atoms with Crippen LogP contribution in [0.1, 0.15) is 12.8 Å². The van der Waals surface area contributed by atoms with Gasteiger partial charge in [0.1, 0.15) is 0 Å². The molecule has 4 nitrogen and oxygen atoms in total. The Balaban J connectivity index is 1.58. The number of methoxy groups -OCH3 is 1. The number of ether oxygens (including phenoxy) is 1. The summed E-state index contributed by atoms with van der Waals surface area (Å²) < 4.78 is 5.13. The van der Waals surface area contributed by atoms with E-state index in [9.17, 15) is 4.79 Å². The molecule has 0 spiro atoms. The quantitative estimate of drug-likeness (QED) is 0.834. The Morgan fingerprint density at radius 3 is 3.19 bits per heavy atom. The molecule has 0 aromatic carbocycles. The van der Waals surface area contributed by atoms with E-state index in [1.165, 1.54) is 0 Å². The Labute approximate surface area is 125 Å². The minimum absolute atomic E-state index is 0.0507. The number of nitrogens with one attached hydrogen (secondary N) is 1. The van der Waals surface area contributed by atoms with Gasteiger partial charge in [0.05, 0.1) is 6.61 Å². The van der Waals surface area contributed by atoms with Gasteiger partial charge >= 0.3 is 0 Å². The van der Waals surface area contributed by atoms with Crippen molar-refractivity contribution in [1.29, 1.82) is 0 Å². The number of carbonyl (C=O) groups excluding carboxylic acids is 1. The van der Waals surface area contributed by atoms with E-state index in [0.717, 1.165) is 55.8 Å². The average molecular weight is 286 g/mol. The zero-order valence-electron chi connectivity index (χ0n) is 12.5. The molecular weight excluding hydrogens is 264 g/mol. The van der Waals surface area contributed by atoms with Gasteiger partial charge in [0, 0.05) is 31.8 Å². The van der Waals surface area contributed by atoms with Gasteiger partial charge in [-0.25, -0.2) is 0 Å². The first kappa shape index (κ1) is 14.3. The molecule has 1 amide bonds. The molecule has 0 radical (unpaired) electrons. The number of likely N-dealkylation sites (tertiary alicyclic amines) is 1. The molecule has 1 saturated heterocycles. The Kier molecular flexibility index (Phi) is 4.36. The lowest BCUT2D eigenvalue weighted by Gasteiger charge is -2.33. The molecule has 2 aliphatic carbocycles. The van der Waals surface area contributed by atoms with Crippen LogP contribution in [0.4, 0.5) is 0 Å². The van der Waals surface area contributed by atoms with Crippen LogP contribution in [0.5, 0.6) is 0 Å². The molecule has 0 unspecified atom stereocenters. The molecule has 4 heteroatoms. The number of fused-ring (bicyclic) bond motifs is 1. The smallest absolute Gasteiger partial charge is 0.252 e. The summed E-state index contributed by atoms with van der Waals surface area (Å²) in [6.45, 7) is 3.70. The predicted octanol–water partition coefficient (Wildman–Crippen LogP) is 1.58. The van der Waals surface area contributed by atoms with Gasteiger partial charge in [-0.2, -0.15) is 0 Å². The van der Waals surface area contributed by atoms with Gasteiger partial charge in [0.15, 0.2) is 0 Å². The van der Waals surface area contributed by atoms with E-state index in [4.69, 9.17) is 4.74 Å². The van der Waals surface area contributed by atoms with Crippen molar-refractivity contribution in [3.63, 3.8) is 0 Å². The van der Waals surface area contributed by atoms with Crippen molar-refractivity contribution >= 4 is 5.91 Å². The van der Waals surface area contributed by atoms with Crippen LogP contribution >= 0.6 is 0 Å². The van der Waals surface area contributed by atoms with E-state index < -0.39 is 0 Å². The maximum absolute atomic E-state index is 12.5. The Morgan fingerprint density at radius 1 is 1.43 bits per heavy atom. The van der Waals surface area contributed by atoms with E-state index in [-0.39, 0.29) is 11.9 Å². The van der Waals surface area contributed by atoms with Crippen LogP contribution in [0.25, 0.3) is 0 Å². The van der Waals surface area contributed by atoms with Gasteiger partial charge in [-0.15, -0.1) is 0 Å². The number of rotatable bonds is 5. The molecular formula is C17H22N2O2. The van der Waals surface area contributed by atoms with Crippen LogP contribution in [0.2, 0.25) is 0 Å². The molecule has 1 fully saturated rings. The predicted molar refractivity (Wildman–Crippen MR) is 82.9 cm³/mol. The SMILES string of the molecule is COCCN1CCC[C@H](NC(=O)C2=C3C=CC=C3C=C2)C1. The van der Waals surface area contributed by atoms with Gasteiger partial charge in [0.2, 0.25) is 0 Å². The second kappa shape index (κ2) is 6.41. The highest BCUT2D eigenvalue weighted by atomic mass is 16.5. The number of hydrogen-bond donors (Lipinski definition) is 1. The second-order valence-corrected chi connectivity index (χ2v) is 5.75. The molecule has 21 heavy (non-hydrogen) atoms. The number of amides is 1. The lowest BCUT2D eigenvalue weighted by atomic mass is 10.0. The standard InChI is InChI=1S/C17H22N2O2/c1-21-11-10-19-9-3-5-14(12-19)18-17(20)16-8-7-13-4-2-6-15(13)16/h2,4,6-8,14H,3,5,9-12H2,1H3,(H,18,20)/t14-/m0/s1. The largest absolute Gasteiger partial charge is 0.383 e. The molecule has 0 aromatic rings. The molecule has 0 saturated carbocycles. The summed E-state index contributed by atoms with van der Waals surface area (Å²) in [5.74, 6) is 0.0507. The van der Waals surface area contributed by atoms with E-state index in [2.05, 4.69) is 10.2 Å². The zero-order valence-corrected chi connectivity index (χ0v) is 12.5. The average Bonchev–Trinajstić information content (AvgIpc) is 3.08. The number of piperidine rings is 1. The summed E-state index contributed by atoms with van der Waals surface area (Å²) in [5.41, 5.74) is 2.99. The summed E-state index contributed by atoms with van der Waals surface area (Å²) in [4.78, 5) is 14.8. The van der Waals surface area contributed by atoms with Crippen LogP contribution in [0.3, 0.4) is 0 Å². The van der Waals surface area contributed by atoms with Crippen molar-refractivity contribution in [2.24, 2.45) is 0 Å². The summed E-state index contributed by atoms with van der Waals surface area (Å²) in [7, 11) is 1.73. The van der Waals surface area contributed by atoms with Crippen LogP contribution in [0, 0.1) is 0 Å². The molecule has 1 heterocycles. The minimum Gasteiger partial charge on any atom is -0.383 e. The molecule has 0 bridgehead atoms. The lowest BCUT2D eigenvalue weighted by Crippen LogP contribution is -2.48. The summed E-state index contributed by atoms with van der Waals surface area (Å²) in [6.07, 6.45) is 12.2. The van der Waals surface area contributed by atoms with Crippen LogP contribution in [0.15, 0.2) is 47.1 Å². The van der Waals surface area contributed by atoms with Crippen molar-refractivity contribution in [3.8, 4) is 0 Å². The summed E-state index contributed by atoms with van der Waals surface area (Å²) in [5, 5.41) is 3.19. The normalized spacial score (nSPS) is 24.4. The first-order chi connectivity index (χ1) is 10.3. The van der Waals surface area contributed by atoms with Crippen molar-refractivity contribution in [3.05, 3.63) is 47.1 Å². The third kappa shape index (κ3) is 3.17. The molecule has 0 aromatic heterocycles. The van der Waals surface area contributed by atoms with Gasteiger partial charge in [0.25, 0.3) is 5.91 Å². The number of allylic oxidation sites excluding steroid dienone is 6. The maximum Gasteiger partial charge on any atom is 0.252 e. The van der Waals surface area contributed by atoms with Crippen molar-refractivity contribution in [1.82, 2.24) is 10.2 Å². The Morgan fingerprint density at radius 2 is 2.33 bits per heavy atom. The molecule has 3 rings (SSSR count). The highest BCUT2D eigenvalue weighted by molar-refractivity contribution is 6.00. The second-order valence-electron chi connectivity index (χ2n) is 5.75. The first-order valence-corrected chi connectivity index (χ1v) is 7.61. The van der Waals surface area contributed by atoms with Gasteiger partial charge in [-0.3, -0.25) is 9.69 Å².